The number of carbonyl (C=O) groups is 2. The van der Waals surface area contributed by atoms with Crippen LogP contribution in [0.3, 0.4) is 0 Å². The smallest absolute Gasteiger partial charge is 0.260 e. The number of nitrogens with zero attached hydrogens (tertiary/aromatic N) is 2. The van der Waals surface area contributed by atoms with Gasteiger partial charge in [-0.25, -0.2) is 0 Å². The van der Waals surface area contributed by atoms with Gasteiger partial charge in [-0.3, -0.25) is 9.59 Å². The van der Waals surface area contributed by atoms with Crippen molar-refractivity contribution in [2.24, 2.45) is 0 Å². The van der Waals surface area contributed by atoms with Crippen molar-refractivity contribution in [3.8, 4) is 11.5 Å². The number of piperazine rings is 1. The summed E-state index contributed by atoms with van der Waals surface area (Å²) in [6, 6.07) is 8.82. The van der Waals surface area contributed by atoms with Crippen LogP contribution in [0.4, 0.5) is 0 Å². The lowest BCUT2D eigenvalue weighted by Crippen LogP contribution is -2.51. The summed E-state index contributed by atoms with van der Waals surface area (Å²) >= 11 is 0. The van der Waals surface area contributed by atoms with Gasteiger partial charge in [-0.2, -0.15) is 0 Å². The highest BCUT2D eigenvalue weighted by Gasteiger charge is 2.25. The summed E-state index contributed by atoms with van der Waals surface area (Å²) in [5.74, 6) is 1.23. The molecule has 2 heterocycles. The van der Waals surface area contributed by atoms with Crippen LogP contribution in [0.1, 0.15) is 17.3 Å². The molecule has 7 nitrogen and oxygen atoms in total. The van der Waals surface area contributed by atoms with Crippen LogP contribution in [0.15, 0.2) is 47.3 Å². The van der Waals surface area contributed by atoms with E-state index < -0.39 is 0 Å². The molecule has 0 saturated carbocycles. The summed E-state index contributed by atoms with van der Waals surface area (Å²) in [7, 11) is 0. The Morgan fingerprint density at radius 1 is 0.962 bits per heavy atom. The highest BCUT2D eigenvalue weighted by molar-refractivity contribution is 5.94. The monoisotopic (exact) mass is 358 g/mol. The van der Waals surface area contributed by atoms with Crippen molar-refractivity contribution < 1.29 is 23.5 Å². The zero-order valence-corrected chi connectivity index (χ0v) is 14.7. The minimum atomic E-state index is -0.0886. The molecule has 3 rings (SSSR count). The van der Waals surface area contributed by atoms with Gasteiger partial charge in [-0.1, -0.05) is 0 Å². The van der Waals surface area contributed by atoms with Crippen molar-refractivity contribution in [2.75, 3.05) is 39.4 Å². The summed E-state index contributed by atoms with van der Waals surface area (Å²) < 4.78 is 15.9. The molecule has 26 heavy (non-hydrogen) atoms. The van der Waals surface area contributed by atoms with E-state index in [9.17, 15) is 9.59 Å². The fourth-order valence-corrected chi connectivity index (χ4v) is 2.76. The van der Waals surface area contributed by atoms with Gasteiger partial charge in [0.2, 0.25) is 0 Å². The summed E-state index contributed by atoms with van der Waals surface area (Å²) in [4.78, 5) is 28.0. The van der Waals surface area contributed by atoms with Crippen LogP contribution >= 0.6 is 0 Å². The van der Waals surface area contributed by atoms with Crippen molar-refractivity contribution in [3.05, 3.63) is 48.4 Å². The number of furan rings is 1. The van der Waals surface area contributed by atoms with E-state index in [4.69, 9.17) is 13.9 Å². The van der Waals surface area contributed by atoms with Crippen molar-refractivity contribution in [1.82, 2.24) is 9.80 Å². The Kier molecular flexibility index (Phi) is 5.78. The fraction of sp³-hybridized carbons (Fsp3) is 0.368. The first-order chi connectivity index (χ1) is 12.7. The minimum absolute atomic E-state index is 0.0241. The van der Waals surface area contributed by atoms with Gasteiger partial charge >= 0.3 is 0 Å². The van der Waals surface area contributed by atoms with Crippen LogP contribution in [-0.4, -0.2) is 61.0 Å². The molecule has 0 atom stereocenters. The number of benzene rings is 1. The third-order valence-corrected chi connectivity index (χ3v) is 4.18. The second kappa shape index (κ2) is 8.42. The van der Waals surface area contributed by atoms with E-state index in [0.717, 1.165) is 5.75 Å². The maximum Gasteiger partial charge on any atom is 0.260 e. The Bertz CT molecular complexity index is 719. The summed E-state index contributed by atoms with van der Waals surface area (Å²) in [5.41, 5.74) is 0.531. The van der Waals surface area contributed by atoms with E-state index in [0.29, 0.717) is 44.1 Å². The molecule has 2 amide bonds. The van der Waals surface area contributed by atoms with Crippen LogP contribution in [0.2, 0.25) is 0 Å². The van der Waals surface area contributed by atoms with E-state index in [1.807, 2.05) is 19.1 Å². The number of carbonyl (C=O) groups excluding carboxylic acids is 2. The fourth-order valence-electron chi connectivity index (χ4n) is 2.76. The molecule has 0 radical (unpaired) electrons. The lowest BCUT2D eigenvalue weighted by atomic mass is 10.2. The summed E-state index contributed by atoms with van der Waals surface area (Å²) in [6.07, 6.45) is 2.91. The van der Waals surface area contributed by atoms with E-state index >= 15 is 0 Å². The van der Waals surface area contributed by atoms with Gasteiger partial charge in [0.15, 0.2) is 6.61 Å². The molecule has 0 N–H and O–H groups in total. The zero-order valence-electron chi connectivity index (χ0n) is 14.7. The number of hydrogen-bond acceptors (Lipinski definition) is 5. The molecule has 1 aliphatic rings. The van der Waals surface area contributed by atoms with Gasteiger partial charge in [-0.05, 0) is 37.3 Å². The molecule has 1 aromatic heterocycles. The molecule has 0 bridgehead atoms. The number of amides is 2. The third kappa shape index (κ3) is 4.36. The Morgan fingerprint density at radius 3 is 2.15 bits per heavy atom. The standard InChI is InChI=1S/C19H22N2O5/c1-2-25-16-3-5-17(6-4-16)26-14-18(22)20-8-10-21(11-9-20)19(23)15-7-12-24-13-15/h3-7,12-13H,2,8-11,14H2,1H3. The average Bonchev–Trinajstić information content (AvgIpc) is 3.22. The SMILES string of the molecule is CCOc1ccc(OCC(=O)N2CCN(C(=O)c3ccoc3)CC2)cc1. The highest BCUT2D eigenvalue weighted by atomic mass is 16.5. The van der Waals surface area contributed by atoms with Gasteiger partial charge in [0.25, 0.3) is 11.8 Å². The van der Waals surface area contributed by atoms with Crippen LogP contribution in [0.5, 0.6) is 11.5 Å². The predicted octanol–water partition coefficient (Wildman–Crippen LogP) is 2.04. The van der Waals surface area contributed by atoms with E-state index in [-0.39, 0.29) is 18.4 Å². The Labute approximate surface area is 152 Å². The molecule has 1 aromatic carbocycles. The number of ether oxygens (including phenoxy) is 2. The van der Waals surface area contributed by atoms with Crippen LogP contribution in [0, 0.1) is 0 Å². The predicted molar refractivity (Wildman–Crippen MR) is 94.3 cm³/mol. The van der Waals surface area contributed by atoms with Crippen LogP contribution in [0.25, 0.3) is 0 Å². The quantitative estimate of drug-likeness (QED) is 0.790. The van der Waals surface area contributed by atoms with Gasteiger partial charge in [0, 0.05) is 26.2 Å². The first-order valence-electron chi connectivity index (χ1n) is 8.62. The maximum absolute atomic E-state index is 12.3. The maximum atomic E-state index is 12.3. The zero-order chi connectivity index (χ0) is 18.4. The molecular formula is C19H22N2O5. The molecule has 138 valence electrons. The molecule has 1 aliphatic heterocycles. The van der Waals surface area contributed by atoms with Gasteiger partial charge in [-0.15, -0.1) is 0 Å². The van der Waals surface area contributed by atoms with E-state index in [1.165, 1.54) is 12.5 Å². The van der Waals surface area contributed by atoms with Gasteiger partial charge < -0.3 is 23.7 Å². The first kappa shape index (κ1) is 17.8. The van der Waals surface area contributed by atoms with Crippen molar-refractivity contribution in [2.45, 2.75) is 6.92 Å². The molecule has 2 aromatic rings. The van der Waals surface area contributed by atoms with E-state index in [1.54, 1.807) is 28.0 Å². The normalized spacial score (nSPS) is 14.2. The molecule has 0 unspecified atom stereocenters. The van der Waals surface area contributed by atoms with Crippen molar-refractivity contribution in [3.63, 3.8) is 0 Å². The molecule has 0 aliphatic carbocycles. The lowest BCUT2D eigenvalue weighted by molar-refractivity contribution is -0.134. The Hall–Kier alpha value is -2.96. The molecule has 0 spiro atoms. The van der Waals surface area contributed by atoms with Crippen molar-refractivity contribution >= 4 is 11.8 Å². The number of hydrogen-bond donors (Lipinski definition) is 0. The highest BCUT2D eigenvalue weighted by Crippen LogP contribution is 2.17. The van der Waals surface area contributed by atoms with E-state index in [2.05, 4.69) is 0 Å². The third-order valence-electron chi connectivity index (χ3n) is 4.18. The van der Waals surface area contributed by atoms with Crippen LogP contribution in [-0.2, 0) is 4.79 Å². The molecule has 7 heteroatoms. The minimum Gasteiger partial charge on any atom is -0.494 e. The molecule has 1 saturated heterocycles. The van der Waals surface area contributed by atoms with Crippen LogP contribution < -0.4 is 9.47 Å². The van der Waals surface area contributed by atoms with Gasteiger partial charge in [0.1, 0.15) is 17.8 Å². The Balaban J connectivity index is 1.44. The average molecular weight is 358 g/mol. The molecule has 1 fully saturated rings. The number of rotatable bonds is 6. The summed E-state index contributed by atoms with van der Waals surface area (Å²) in [5, 5.41) is 0. The van der Waals surface area contributed by atoms with Crippen molar-refractivity contribution in [1.29, 1.82) is 0 Å². The first-order valence-corrected chi connectivity index (χ1v) is 8.62. The second-order valence-electron chi connectivity index (χ2n) is 5.88. The topological polar surface area (TPSA) is 72.2 Å². The largest absolute Gasteiger partial charge is 0.494 e. The Morgan fingerprint density at radius 2 is 1.58 bits per heavy atom. The lowest BCUT2D eigenvalue weighted by Gasteiger charge is -2.34. The van der Waals surface area contributed by atoms with Gasteiger partial charge in [0.05, 0.1) is 18.4 Å². The molecular weight excluding hydrogens is 336 g/mol. The second-order valence-corrected chi connectivity index (χ2v) is 5.88. The summed E-state index contributed by atoms with van der Waals surface area (Å²) in [6.45, 7) is 4.49.